The number of hydroxylamine groups is 2. The van der Waals surface area contributed by atoms with Crippen LogP contribution < -0.4 is 0 Å². The number of nitrogens with zero attached hydrogens (tertiary/aromatic N) is 1. The molecule has 4 heteroatoms. The minimum Gasteiger partial charge on any atom is -0.331 e. The molecule has 1 heterocycles. The van der Waals surface area contributed by atoms with Gasteiger partial charge in [-0.15, -0.1) is 5.06 Å². The third-order valence-electron chi connectivity index (χ3n) is 5.58. The highest BCUT2D eigenvalue weighted by Gasteiger charge is 2.41. The summed E-state index contributed by atoms with van der Waals surface area (Å²) in [4.78, 5) is 6.33. The van der Waals surface area contributed by atoms with Crippen molar-refractivity contribution in [1.82, 2.24) is 5.06 Å². The quantitative estimate of drug-likeness (QED) is 0.395. The zero-order valence-electron chi connectivity index (χ0n) is 18.0. The fourth-order valence-electron chi connectivity index (χ4n) is 3.84. The molecule has 0 N–H and O–H groups in total. The molecular weight excluding hydrogens is 386 g/mol. The highest BCUT2D eigenvalue weighted by atomic mass is 16.8. The standard InChI is InChI=1S/C27H31NO3/c1-5-13-24(14-6-1)21-29-27(30-22-25-15-7-2-8-16-25)19-11-4-12-20-28(27)31-23-26-17-9-3-10-18-26/h1-3,5-10,13-18H,4,11-12,19-23H2. The van der Waals surface area contributed by atoms with E-state index in [1.54, 1.807) is 0 Å². The van der Waals surface area contributed by atoms with E-state index in [1.165, 1.54) is 0 Å². The minimum atomic E-state index is -0.920. The number of ether oxygens (including phenoxy) is 2. The molecule has 4 rings (SSSR count). The summed E-state index contributed by atoms with van der Waals surface area (Å²) in [6.07, 6.45) is 3.99. The molecular formula is C27H31NO3. The number of hydrogen-bond donors (Lipinski definition) is 0. The van der Waals surface area contributed by atoms with E-state index in [4.69, 9.17) is 14.3 Å². The third-order valence-corrected chi connectivity index (χ3v) is 5.58. The minimum absolute atomic E-state index is 0.473. The predicted molar refractivity (Wildman–Crippen MR) is 122 cm³/mol. The van der Waals surface area contributed by atoms with Crippen LogP contribution in [0.5, 0.6) is 0 Å². The second kappa shape index (κ2) is 11.2. The maximum atomic E-state index is 6.54. The van der Waals surface area contributed by atoms with E-state index >= 15 is 0 Å². The average Bonchev–Trinajstić information content (AvgIpc) is 3.04. The van der Waals surface area contributed by atoms with Crippen molar-refractivity contribution in [2.45, 2.75) is 51.4 Å². The van der Waals surface area contributed by atoms with Gasteiger partial charge < -0.3 is 9.47 Å². The number of hydrogen-bond acceptors (Lipinski definition) is 4. The van der Waals surface area contributed by atoms with Crippen molar-refractivity contribution >= 4 is 0 Å². The van der Waals surface area contributed by atoms with Gasteiger partial charge in [-0.2, -0.15) is 0 Å². The first-order valence-electron chi connectivity index (χ1n) is 11.1. The molecule has 0 aliphatic carbocycles. The van der Waals surface area contributed by atoms with Crippen molar-refractivity contribution in [2.24, 2.45) is 0 Å². The summed E-state index contributed by atoms with van der Waals surface area (Å²) in [5.74, 6) is -0.920. The van der Waals surface area contributed by atoms with Gasteiger partial charge in [0.2, 0.25) is 0 Å². The van der Waals surface area contributed by atoms with Crippen LogP contribution in [0.3, 0.4) is 0 Å². The Hall–Kier alpha value is -2.50. The first-order chi connectivity index (χ1) is 15.3. The summed E-state index contributed by atoms with van der Waals surface area (Å²) < 4.78 is 13.1. The molecule has 0 radical (unpaired) electrons. The van der Waals surface area contributed by atoms with Crippen molar-refractivity contribution in [1.29, 1.82) is 0 Å². The van der Waals surface area contributed by atoms with Crippen molar-refractivity contribution in [3.8, 4) is 0 Å². The Kier molecular flexibility index (Phi) is 7.86. The Morgan fingerprint density at radius 3 is 1.58 bits per heavy atom. The Balaban J connectivity index is 1.54. The van der Waals surface area contributed by atoms with E-state index in [1.807, 2.05) is 59.7 Å². The summed E-state index contributed by atoms with van der Waals surface area (Å²) in [5.41, 5.74) is 3.38. The molecule has 0 aromatic heterocycles. The Morgan fingerprint density at radius 2 is 1.06 bits per heavy atom. The Labute approximate surface area is 185 Å². The normalized spacial score (nSPS) is 16.6. The van der Waals surface area contributed by atoms with Crippen LogP contribution in [-0.4, -0.2) is 17.5 Å². The van der Waals surface area contributed by atoms with Gasteiger partial charge in [-0.3, -0.25) is 4.84 Å². The molecule has 1 fully saturated rings. The molecule has 0 bridgehead atoms. The maximum Gasteiger partial charge on any atom is 0.252 e. The van der Waals surface area contributed by atoms with Crippen molar-refractivity contribution in [3.05, 3.63) is 108 Å². The molecule has 0 saturated carbocycles. The van der Waals surface area contributed by atoms with E-state index < -0.39 is 5.91 Å². The van der Waals surface area contributed by atoms with Crippen molar-refractivity contribution in [2.75, 3.05) is 6.54 Å². The number of benzene rings is 3. The van der Waals surface area contributed by atoms with Crippen LogP contribution in [0, 0.1) is 0 Å². The van der Waals surface area contributed by atoms with E-state index in [0.717, 1.165) is 48.9 Å². The zero-order chi connectivity index (χ0) is 21.2. The zero-order valence-corrected chi connectivity index (χ0v) is 18.0. The van der Waals surface area contributed by atoms with Gasteiger partial charge in [-0.25, -0.2) is 0 Å². The van der Waals surface area contributed by atoms with Gasteiger partial charge in [0.25, 0.3) is 5.91 Å². The van der Waals surface area contributed by atoms with Gasteiger partial charge in [-0.1, -0.05) is 97.4 Å². The maximum absolute atomic E-state index is 6.54. The van der Waals surface area contributed by atoms with Crippen molar-refractivity contribution < 1.29 is 14.3 Å². The van der Waals surface area contributed by atoms with Crippen LogP contribution in [0.2, 0.25) is 0 Å². The van der Waals surface area contributed by atoms with Gasteiger partial charge in [0.05, 0.1) is 19.8 Å². The van der Waals surface area contributed by atoms with Gasteiger partial charge in [0.15, 0.2) is 0 Å². The topological polar surface area (TPSA) is 30.9 Å². The van der Waals surface area contributed by atoms with Gasteiger partial charge in [-0.05, 0) is 29.5 Å². The lowest BCUT2D eigenvalue weighted by Gasteiger charge is -2.41. The molecule has 0 spiro atoms. The largest absolute Gasteiger partial charge is 0.331 e. The second-order valence-corrected chi connectivity index (χ2v) is 7.93. The molecule has 162 valence electrons. The first-order valence-corrected chi connectivity index (χ1v) is 11.1. The molecule has 3 aromatic carbocycles. The SMILES string of the molecule is c1ccc(CON2CCCCCC2(OCc2ccccc2)OCc2ccccc2)cc1. The highest BCUT2D eigenvalue weighted by Crippen LogP contribution is 2.33. The van der Waals surface area contributed by atoms with Gasteiger partial charge >= 0.3 is 0 Å². The molecule has 0 unspecified atom stereocenters. The van der Waals surface area contributed by atoms with Crippen LogP contribution in [0.25, 0.3) is 0 Å². The third kappa shape index (κ3) is 6.25. The van der Waals surface area contributed by atoms with Crippen LogP contribution in [0.4, 0.5) is 0 Å². The molecule has 4 nitrogen and oxygen atoms in total. The summed E-state index contributed by atoms with van der Waals surface area (Å²) in [6.45, 7) is 2.21. The van der Waals surface area contributed by atoms with Crippen molar-refractivity contribution in [3.63, 3.8) is 0 Å². The summed E-state index contributed by atoms with van der Waals surface area (Å²) in [7, 11) is 0. The Morgan fingerprint density at radius 1 is 0.581 bits per heavy atom. The van der Waals surface area contributed by atoms with E-state index in [9.17, 15) is 0 Å². The highest BCUT2D eigenvalue weighted by molar-refractivity contribution is 5.15. The number of rotatable bonds is 9. The van der Waals surface area contributed by atoms with Gasteiger partial charge in [0, 0.05) is 13.0 Å². The Bertz CT molecular complexity index is 843. The van der Waals surface area contributed by atoms with Crippen LogP contribution in [0.15, 0.2) is 91.0 Å². The summed E-state index contributed by atoms with van der Waals surface area (Å²) in [6, 6.07) is 30.7. The molecule has 0 amide bonds. The smallest absolute Gasteiger partial charge is 0.252 e. The second-order valence-electron chi connectivity index (χ2n) is 7.93. The molecule has 0 atom stereocenters. The van der Waals surface area contributed by atoms with E-state index in [2.05, 4.69) is 36.4 Å². The molecule has 1 saturated heterocycles. The lowest BCUT2D eigenvalue weighted by atomic mass is 10.2. The monoisotopic (exact) mass is 417 g/mol. The lowest BCUT2D eigenvalue weighted by molar-refractivity contribution is -0.419. The van der Waals surface area contributed by atoms with Crippen LogP contribution in [-0.2, 0) is 34.1 Å². The molecule has 31 heavy (non-hydrogen) atoms. The molecule has 3 aromatic rings. The van der Waals surface area contributed by atoms with Crippen LogP contribution in [0.1, 0.15) is 42.4 Å². The first kappa shape index (κ1) is 21.7. The summed E-state index contributed by atoms with van der Waals surface area (Å²) in [5, 5.41) is 1.94. The van der Waals surface area contributed by atoms with Crippen LogP contribution >= 0.6 is 0 Å². The van der Waals surface area contributed by atoms with E-state index in [-0.39, 0.29) is 0 Å². The molecule has 1 aliphatic heterocycles. The lowest BCUT2D eigenvalue weighted by Crippen LogP contribution is -2.52. The average molecular weight is 418 g/mol. The van der Waals surface area contributed by atoms with E-state index in [0.29, 0.717) is 19.8 Å². The molecule has 1 aliphatic rings. The van der Waals surface area contributed by atoms with Gasteiger partial charge in [0.1, 0.15) is 0 Å². The fraction of sp³-hybridized carbons (Fsp3) is 0.333. The predicted octanol–water partition coefficient (Wildman–Crippen LogP) is 6.08. The fourth-order valence-corrected chi connectivity index (χ4v) is 3.84. The summed E-state index contributed by atoms with van der Waals surface area (Å²) >= 11 is 0.